The lowest BCUT2D eigenvalue weighted by Gasteiger charge is -2.39. The van der Waals surface area contributed by atoms with E-state index in [1.165, 1.54) is 30.0 Å². The van der Waals surface area contributed by atoms with Gasteiger partial charge in [-0.15, -0.1) is 0 Å². The van der Waals surface area contributed by atoms with Gasteiger partial charge in [0.2, 0.25) is 5.88 Å². The molecule has 2 heterocycles. The van der Waals surface area contributed by atoms with Gasteiger partial charge in [0.15, 0.2) is 8.32 Å². The molecule has 0 spiro atoms. The number of rotatable bonds is 15. The summed E-state index contributed by atoms with van der Waals surface area (Å²) < 4.78 is 61.3. The van der Waals surface area contributed by atoms with Crippen molar-refractivity contribution >= 4 is 46.7 Å². The second-order valence-electron chi connectivity index (χ2n) is 18.0. The predicted molar refractivity (Wildman–Crippen MR) is 231 cm³/mol. The van der Waals surface area contributed by atoms with Crippen molar-refractivity contribution in [2.45, 2.75) is 155 Å². The van der Waals surface area contributed by atoms with Crippen LogP contribution in [0.4, 0.5) is 5.69 Å². The summed E-state index contributed by atoms with van der Waals surface area (Å²) in [6.45, 7) is 26.0. The second-order valence-corrected chi connectivity index (χ2v) is 25.4. The molecule has 3 aromatic rings. The summed E-state index contributed by atoms with van der Waals surface area (Å²) in [5, 5.41) is 12.3. The number of ether oxygens (including phenoxy) is 3. The van der Waals surface area contributed by atoms with Gasteiger partial charge >= 0.3 is 15.8 Å². The molecule has 1 fully saturated rings. The van der Waals surface area contributed by atoms with Crippen LogP contribution in [0.3, 0.4) is 0 Å². The average Bonchev–Trinajstić information content (AvgIpc) is 3.49. The van der Waals surface area contributed by atoms with Crippen molar-refractivity contribution in [2.24, 2.45) is 5.41 Å². The minimum absolute atomic E-state index is 0.0375. The fourth-order valence-corrected chi connectivity index (χ4v) is 9.89. The van der Waals surface area contributed by atoms with Gasteiger partial charge in [-0.2, -0.15) is 13.4 Å². The zero-order valence-corrected chi connectivity index (χ0v) is 39.7. The van der Waals surface area contributed by atoms with Crippen molar-refractivity contribution in [3.05, 3.63) is 83.0 Å². The third-order valence-corrected chi connectivity index (χ3v) is 17.5. The first-order valence-corrected chi connectivity index (χ1v) is 24.8. The summed E-state index contributed by atoms with van der Waals surface area (Å²) in [5.74, 6) is -0.0278. The van der Waals surface area contributed by atoms with E-state index in [9.17, 15) is 23.3 Å². The van der Waals surface area contributed by atoms with Gasteiger partial charge in [-0.3, -0.25) is 14.7 Å². The van der Waals surface area contributed by atoms with E-state index in [1.807, 2.05) is 84.0 Å². The Kier molecular flexibility index (Phi) is 14.6. The van der Waals surface area contributed by atoms with Gasteiger partial charge in [0.05, 0.1) is 51.6 Å². The van der Waals surface area contributed by atoms with Gasteiger partial charge in [-0.1, -0.05) is 88.3 Å². The molecular formula is C41H60IN3O10SSi. The van der Waals surface area contributed by atoms with Gasteiger partial charge in [-0.05, 0) is 87.7 Å². The molecule has 0 N–H and O–H groups in total. The Morgan fingerprint density at radius 1 is 1.05 bits per heavy atom. The van der Waals surface area contributed by atoms with Crippen LogP contribution in [-0.2, 0) is 30.6 Å². The maximum absolute atomic E-state index is 14.2. The van der Waals surface area contributed by atoms with E-state index in [0.717, 1.165) is 5.56 Å². The molecule has 0 amide bonds. The molecule has 1 aliphatic heterocycles. The van der Waals surface area contributed by atoms with Crippen LogP contribution in [0.5, 0.6) is 11.6 Å². The quantitative estimate of drug-likeness (QED) is 0.0469. The molecule has 4 atom stereocenters. The summed E-state index contributed by atoms with van der Waals surface area (Å²) in [4.78, 5) is 30.0. The fraction of sp³-hybridized carbons (Fsp3) is 0.610. The number of nitrogens with zero attached hydrogens (tertiary/aromatic N) is 3. The normalized spacial score (nSPS) is 18.6. The number of aromatic nitrogens is 2. The second kappa shape index (κ2) is 17.8. The fourth-order valence-electron chi connectivity index (χ4n) is 6.60. The number of hydrogen-bond acceptors (Lipinski definition) is 11. The van der Waals surface area contributed by atoms with Crippen molar-refractivity contribution in [1.82, 2.24) is 9.55 Å². The number of halogens is 1. The molecule has 1 unspecified atom stereocenters. The number of methoxy groups -OCH3 is 1. The third-order valence-electron chi connectivity index (χ3n) is 10.9. The summed E-state index contributed by atoms with van der Waals surface area (Å²) in [6.07, 6.45) is 0.215. The lowest BCUT2D eigenvalue weighted by Crippen LogP contribution is -2.45. The Bertz CT molecular complexity index is 2110. The summed E-state index contributed by atoms with van der Waals surface area (Å²) in [5.41, 5.74) is 0.287. The van der Waals surface area contributed by atoms with Crippen LogP contribution in [0.25, 0.3) is 0 Å². The topological polar surface area (TPSA) is 158 Å². The van der Waals surface area contributed by atoms with Crippen LogP contribution < -0.4 is 14.6 Å². The van der Waals surface area contributed by atoms with E-state index in [1.54, 1.807) is 12.1 Å². The summed E-state index contributed by atoms with van der Waals surface area (Å²) >= 11 is 1.98. The first kappa shape index (κ1) is 46.8. The van der Waals surface area contributed by atoms with Crippen LogP contribution in [-0.4, -0.2) is 50.5 Å². The minimum atomic E-state index is -4.53. The summed E-state index contributed by atoms with van der Waals surface area (Å²) in [7, 11) is -5.27. The molecule has 0 bridgehead atoms. The molecule has 316 valence electrons. The van der Waals surface area contributed by atoms with Crippen LogP contribution >= 0.6 is 22.6 Å². The number of nitro benzene ring substituents is 1. The molecule has 4 rings (SSSR count). The Morgan fingerprint density at radius 2 is 1.70 bits per heavy atom. The first-order valence-electron chi connectivity index (χ1n) is 19.4. The molecule has 57 heavy (non-hydrogen) atoms. The SMILES string of the molecule is CC[C@H]1O[C@@H](n2cc(CO[C@H](c3cc(OC)c(I)cc3[N+](=O)[O-])C(C)(C)C)c(OS(=O)(=O)c3ccc(C(C)C)cc3C(C)C)nc2=O)CC1O[Si](C)(C)C(C)(C)C. The van der Waals surface area contributed by atoms with Crippen molar-refractivity contribution < 1.29 is 36.2 Å². The molecule has 0 aliphatic carbocycles. The molecule has 13 nitrogen and oxygen atoms in total. The highest BCUT2D eigenvalue weighted by molar-refractivity contribution is 14.1. The molecule has 0 saturated carbocycles. The first-order chi connectivity index (χ1) is 26.2. The van der Waals surface area contributed by atoms with Crippen LogP contribution in [0, 0.1) is 19.1 Å². The van der Waals surface area contributed by atoms with Crippen molar-refractivity contribution in [3.8, 4) is 11.6 Å². The van der Waals surface area contributed by atoms with E-state index in [2.05, 4.69) is 38.8 Å². The van der Waals surface area contributed by atoms with Crippen LogP contribution in [0.2, 0.25) is 18.1 Å². The Morgan fingerprint density at radius 3 is 2.23 bits per heavy atom. The van der Waals surface area contributed by atoms with E-state index in [0.29, 0.717) is 27.7 Å². The van der Waals surface area contributed by atoms with Crippen LogP contribution in [0.1, 0.15) is 135 Å². The molecule has 1 aromatic heterocycles. The Balaban J connectivity index is 1.86. The lowest BCUT2D eigenvalue weighted by molar-refractivity contribution is -0.386. The van der Waals surface area contributed by atoms with Crippen molar-refractivity contribution in [3.63, 3.8) is 0 Å². The van der Waals surface area contributed by atoms with Crippen LogP contribution in [0.15, 0.2) is 46.2 Å². The molecule has 1 saturated heterocycles. The van der Waals surface area contributed by atoms with E-state index in [4.69, 9.17) is 22.8 Å². The van der Waals surface area contributed by atoms with Gasteiger partial charge in [0, 0.05) is 18.7 Å². The predicted octanol–water partition coefficient (Wildman–Crippen LogP) is 10.2. The lowest BCUT2D eigenvalue weighted by atomic mass is 9.83. The molecule has 1 aliphatic rings. The highest BCUT2D eigenvalue weighted by Crippen LogP contribution is 2.45. The van der Waals surface area contributed by atoms with Gasteiger partial charge in [0.1, 0.15) is 16.9 Å². The summed E-state index contributed by atoms with van der Waals surface area (Å²) in [6, 6.07) is 8.16. The molecule has 16 heteroatoms. The zero-order valence-electron chi connectivity index (χ0n) is 35.8. The van der Waals surface area contributed by atoms with E-state index in [-0.39, 0.29) is 57.4 Å². The van der Waals surface area contributed by atoms with Gasteiger partial charge in [-0.25, -0.2) is 4.79 Å². The Hall–Kier alpha value is -2.90. The third kappa shape index (κ3) is 10.6. The van der Waals surface area contributed by atoms with Gasteiger partial charge in [0.25, 0.3) is 5.69 Å². The average molecular weight is 942 g/mol. The maximum Gasteiger partial charge on any atom is 0.353 e. The van der Waals surface area contributed by atoms with Crippen molar-refractivity contribution in [1.29, 1.82) is 0 Å². The smallest absolute Gasteiger partial charge is 0.353 e. The zero-order chi connectivity index (χ0) is 43.0. The molecule has 0 radical (unpaired) electrons. The molecular weight excluding hydrogens is 882 g/mol. The van der Waals surface area contributed by atoms with E-state index >= 15 is 0 Å². The number of benzene rings is 2. The minimum Gasteiger partial charge on any atom is -0.496 e. The standard InChI is InChI=1S/C41H60IN3O10SSi/c1-15-32-34(55-57(13,14)41(9,10)11)21-36(53-32)44-22-27(23-52-37(40(6,7)8)29-19-33(51-12)30(42)20-31(29)45(47)48)38(43-39(44)46)54-56(49,50)35-17-16-26(24(2)3)18-28(35)25(4)5/h16-20,22,24-25,32,34,36-37H,15,21,23H2,1-14H3/t32-,34?,36-,37-/m1/s1. The Labute approximate surface area is 352 Å². The highest BCUT2D eigenvalue weighted by Gasteiger charge is 2.45. The van der Waals surface area contributed by atoms with Gasteiger partial charge < -0.3 is 22.8 Å². The number of hydrogen-bond donors (Lipinski definition) is 0. The monoisotopic (exact) mass is 941 g/mol. The maximum atomic E-state index is 14.2. The van der Waals surface area contributed by atoms with E-state index < -0.39 is 52.7 Å². The molecule has 2 aromatic carbocycles. The highest BCUT2D eigenvalue weighted by atomic mass is 127. The largest absolute Gasteiger partial charge is 0.496 e. The van der Waals surface area contributed by atoms with Crippen molar-refractivity contribution in [2.75, 3.05) is 7.11 Å². The number of nitro groups is 1.